The molecule has 0 aliphatic heterocycles. The molecule has 2 nitrogen and oxygen atoms in total. The highest BCUT2D eigenvalue weighted by atomic mass is 28.4. The molecule has 0 bridgehead atoms. The predicted octanol–water partition coefficient (Wildman–Crippen LogP) is 3.39. The summed E-state index contributed by atoms with van der Waals surface area (Å²) in [4.78, 5) is 0. The van der Waals surface area contributed by atoms with Gasteiger partial charge in [-0.2, -0.15) is 0 Å². The van der Waals surface area contributed by atoms with Gasteiger partial charge in [0.1, 0.15) is 5.75 Å². The lowest BCUT2D eigenvalue weighted by atomic mass is 10.2. The molecule has 0 fully saturated rings. The minimum atomic E-state index is -1.70. The highest BCUT2D eigenvalue weighted by Crippen LogP contribution is 2.29. The molecule has 0 heterocycles. The maximum absolute atomic E-state index is 5.94. The second-order valence-electron chi connectivity index (χ2n) is 6.67. The number of hydrogen-bond acceptors (Lipinski definition) is 2. The highest BCUT2D eigenvalue weighted by Gasteiger charge is 2.25. The molecular formula is C15H28O2Si2. The van der Waals surface area contributed by atoms with Crippen LogP contribution in [0.3, 0.4) is 0 Å². The van der Waals surface area contributed by atoms with Crippen molar-refractivity contribution in [2.75, 3.05) is 13.7 Å². The van der Waals surface area contributed by atoms with Crippen molar-refractivity contribution in [1.29, 1.82) is 0 Å². The average Bonchev–Trinajstić information content (AvgIpc) is 2.37. The molecule has 0 aromatic heterocycles. The van der Waals surface area contributed by atoms with Gasteiger partial charge in [-0.25, -0.2) is 0 Å². The van der Waals surface area contributed by atoms with Gasteiger partial charge in [0, 0.05) is 15.9 Å². The lowest BCUT2D eigenvalue weighted by Gasteiger charge is -2.28. The van der Waals surface area contributed by atoms with Crippen LogP contribution in [0.5, 0.6) is 5.75 Å². The van der Waals surface area contributed by atoms with E-state index in [0.29, 0.717) is 5.04 Å². The van der Waals surface area contributed by atoms with Gasteiger partial charge in [-0.05, 0) is 35.5 Å². The lowest BCUT2D eigenvalue weighted by molar-refractivity contribution is 0.276. The smallest absolute Gasteiger partial charge is 0.217 e. The van der Waals surface area contributed by atoms with E-state index in [0.717, 1.165) is 12.4 Å². The minimum Gasteiger partial charge on any atom is -0.493 e. The molecule has 0 saturated heterocycles. The molecule has 0 amide bonds. The first-order valence-corrected chi connectivity index (χ1v) is 12.8. The van der Waals surface area contributed by atoms with Crippen LogP contribution >= 0.6 is 0 Å². The first kappa shape index (κ1) is 16.5. The van der Waals surface area contributed by atoms with E-state index in [1.807, 2.05) is 0 Å². The molecule has 0 radical (unpaired) electrons. The van der Waals surface area contributed by atoms with Gasteiger partial charge in [0.25, 0.3) is 0 Å². The predicted molar refractivity (Wildman–Crippen MR) is 89.0 cm³/mol. The van der Waals surface area contributed by atoms with E-state index in [4.69, 9.17) is 9.16 Å². The van der Waals surface area contributed by atoms with Crippen molar-refractivity contribution < 1.29 is 9.16 Å². The van der Waals surface area contributed by atoms with E-state index < -0.39 is 17.1 Å². The normalized spacial score (nSPS) is 12.8. The van der Waals surface area contributed by atoms with Crippen LogP contribution in [0.15, 0.2) is 24.3 Å². The van der Waals surface area contributed by atoms with Gasteiger partial charge in [-0.1, -0.05) is 39.1 Å². The van der Waals surface area contributed by atoms with Crippen molar-refractivity contribution >= 4 is 22.3 Å². The van der Waals surface area contributed by atoms with Gasteiger partial charge >= 0.3 is 0 Å². The van der Waals surface area contributed by atoms with Crippen molar-refractivity contribution in [2.45, 2.75) is 45.1 Å². The van der Waals surface area contributed by atoms with Gasteiger partial charge < -0.3 is 9.16 Å². The zero-order valence-corrected chi connectivity index (χ0v) is 15.6. The van der Waals surface area contributed by atoms with E-state index in [9.17, 15) is 0 Å². The Labute approximate surface area is 120 Å². The first-order chi connectivity index (χ1) is 8.69. The van der Waals surface area contributed by atoms with Gasteiger partial charge in [-0.15, -0.1) is 0 Å². The van der Waals surface area contributed by atoms with Crippen LogP contribution in [0, 0.1) is 0 Å². The molecule has 0 saturated carbocycles. The van der Waals surface area contributed by atoms with Crippen LogP contribution in [-0.4, -0.2) is 30.8 Å². The van der Waals surface area contributed by atoms with Crippen LogP contribution < -0.4 is 9.92 Å². The van der Waals surface area contributed by atoms with Crippen LogP contribution in [0.25, 0.3) is 0 Å². The van der Waals surface area contributed by atoms with Crippen molar-refractivity contribution in [2.24, 2.45) is 0 Å². The summed E-state index contributed by atoms with van der Waals surface area (Å²) in [6, 6.07) is 8.43. The third-order valence-corrected chi connectivity index (χ3v) is 10.3. The fourth-order valence-corrected chi connectivity index (χ4v) is 3.13. The van der Waals surface area contributed by atoms with Gasteiger partial charge in [0.05, 0.1) is 6.61 Å². The number of benzene rings is 1. The summed E-state index contributed by atoms with van der Waals surface area (Å²) in [6.07, 6.45) is 0. The molecule has 0 aliphatic rings. The Bertz CT molecular complexity index is 397. The molecule has 0 atom stereocenters. The zero-order valence-electron chi connectivity index (χ0n) is 13.4. The maximum atomic E-state index is 5.94. The van der Waals surface area contributed by atoms with E-state index in [-0.39, 0.29) is 0 Å². The third-order valence-electron chi connectivity index (χ3n) is 4.23. The Balaban J connectivity index is 2.68. The van der Waals surface area contributed by atoms with E-state index >= 15 is 0 Å². The summed E-state index contributed by atoms with van der Waals surface area (Å²) < 4.78 is 11.6. The standard InChI is InChI=1S/C15H28O2Si2/c1-15(2,18(4)5)12-17-13-8-10-14(11-9-13)19(6,7)16-3/h8-11,18H,12H2,1-7H3. The van der Waals surface area contributed by atoms with Crippen LogP contribution in [0.2, 0.25) is 31.2 Å². The summed E-state index contributed by atoms with van der Waals surface area (Å²) in [7, 11) is -0.606. The lowest BCUT2D eigenvalue weighted by Crippen LogP contribution is -2.43. The van der Waals surface area contributed by atoms with Crippen molar-refractivity contribution in [3.63, 3.8) is 0 Å². The van der Waals surface area contributed by atoms with E-state index in [2.05, 4.69) is 64.3 Å². The first-order valence-electron chi connectivity index (χ1n) is 6.97. The maximum Gasteiger partial charge on any atom is 0.217 e. The number of rotatable bonds is 6. The van der Waals surface area contributed by atoms with Crippen LogP contribution in [0.1, 0.15) is 13.8 Å². The Morgan fingerprint density at radius 3 is 2.05 bits per heavy atom. The minimum absolute atomic E-state index is 0.333. The quantitative estimate of drug-likeness (QED) is 0.749. The molecule has 1 aromatic carbocycles. The Morgan fingerprint density at radius 1 is 1.11 bits per heavy atom. The molecule has 0 unspecified atom stereocenters. The van der Waals surface area contributed by atoms with Gasteiger partial charge in [-0.3, -0.25) is 0 Å². The van der Waals surface area contributed by atoms with Crippen molar-refractivity contribution in [3.05, 3.63) is 24.3 Å². The topological polar surface area (TPSA) is 18.5 Å². The molecular weight excluding hydrogens is 268 g/mol. The second kappa shape index (κ2) is 6.24. The SMILES string of the molecule is CO[Si](C)(C)c1ccc(OCC(C)(C)[SiH](C)C)cc1. The summed E-state index contributed by atoms with van der Waals surface area (Å²) in [5.74, 6) is 0.965. The summed E-state index contributed by atoms with van der Waals surface area (Å²) in [6.45, 7) is 14.6. The van der Waals surface area contributed by atoms with Gasteiger partial charge in [0.2, 0.25) is 8.32 Å². The largest absolute Gasteiger partial charge is 0.493 e. The molecule has 0 N–H and O–H groups in total. The molecule has 0 spiro atoms. The molecule has 4 heteroatoms. The summed E-state index contributed by atoms with van der Waals surface area (Å²) in [5, 5.41) is 1.64. The Kier molecular flexibility index (Phi) is 5.41. The van der Waals surface area contributed by atoms with E-state index in [1.165, 1.54) is 5.19 Å². The fourth-order valence-electron chi connectivity index (χ4n) is 1.51. The third kappa shape index (κ3) is 4.47. The monoisotopic (exact) mass is 296 g/mol. The van der Waals surface area contributed by atoms with Crippen LogP contribution in [-0.2, 0) is 4.43 Å². The molecule has 1 rings (SSSR count). The fraction of sp³-hybridized carbons (Fsp3) is 0.600. The molecule has 108 valence electrons. The van der Waals surface area contributed by atoms with E-state index in [1.54, 1.807) is 7.11 Å². The molecule has 1 aromatic rings. The number of ether oxygens (including phenoxy) is 1. The Morgan fingerprint density at radius 2 is 1.63 bits per heavy atom. The second-order valence-corrected chi connectivity index (χ2v) is 14.5. The number of hydrogen-bond donors (Lipinski definition) is 0. The van der Waals surface area contributed by atoms with Crippen molar-refractivity contribution in [3.8, 4) is 5.75 Å². The molecule has 19 heavy (non-hydrogen) atoms. The van der Waals surface area contributed by atoms with Crippen LogP contribution in [0.4, 0.5) is 0 Å². The zero-order chi connectivity index (χ0) is 14.7. The highest BCUT2D eigenvalue weighted by molar-refractivity contribution is 6.84. The van der Waals surface area contributed by atoms with Gasteiger partial charge in [0.15, 0.2) is 0 Å². The molecule has 0 aliphatic carbocycles. The summed E-state index contributed by atoms with van der Waals surface area (Å²) in [5.41, 5.74) is 0. The average molecular weight is 297 g/mol. The Hall–Kier alpha value is -0.586. The summed E-state index contributed by atoms with van der Waals surface area (Å²) >= 11 is 0. The van der Waals surface area contributed by atoms with Crippen molar-refractivity contribution in [1.82, 2.24) is 0 Å².